The fraction of sp³-hybridized carbons (Fsp3) is 0.250. The minimum Gasteiger partial charge on any atom is -0.492 e. The number of nitrogens with zero attached hydrogens (tertiary/aromatic N) is 1. The Hall–Kier alpha value is -2.30. The number of benzene rings is 1. The molecule has 0 saturated carbocycles. The van der Waals surface area contributed by atoms with E-state index in [4.69, 9.17) is 4.74 Å². The first-order valence-corrected chi connectivity index (χ1v) is 6.65. The van der Waals surface area contributed by atoms with Gasteiger partial charge in [0.15, 0.2) is 5.78 Å². The summed E-state index contributed by atoms with van der Waals surface area (Å²) in [4.78, 5) is 16.1. The summed E-state index contributed by atoms with van der Waals surface area (Å²) in [5.74, 6) is -1.19. The van der Waals surface area contributed by atoms with Crippen LogP contribution in [0.2, 0.25) is 0 Å². The Kier molecular flexibility index (Phi) is 4.98. The number of rotatable bonds is 6. The molecule has 0 radical (unpaired) electrons. The molecular weight excluding hydrogens is 276 g/mol. The smallest absolute Gasteiger partial charge is 0.169 e. The molecule has 5 heteroatoms. The van der Waals surface area contributed by atoms with Gasteiger partial charge in [-0.25, -0.2) is 8.78 Å². The Morgan fingerprint density at radius 3 is 2.76 bits per heavy atom. The van der Waals surface area contributed by atoms with Crippen molar-refractivity contribution in [3.05, 3.63) is 59.4 Å². The van der Waals surface area contributed by atoms with E-state index < -0.39 is 11.6 Å². The van der Waals surface area contributed by atoms with Crippen molar-refractivity contribution in [3.8, 4) is 5.75 Å². The molecule has 0 fully saturated rings. The molecule has 0 bridgehead atoms. The van der Waals surface area contributed by atoms with E-state index in [1.807, 2.05) is 6.92 Å². The van der Waals surface area contributed by atoms with Crippen LogP contribution in [-0.4, -0.2) is 17.4 Å². The summed E-state index contributed by atoms with van der Waals surface area (Å²) in [6, 6.07) is 4.74. The molecule has 2 aromatic rings. The summed E-state index contributed by atoms with van der Waals surface area (Å²) in [6.45, 7) is 2.51. The standard InChI is InChI=1S/C16H15F2NO2/c1-2-5-21-14-6-12(9-19-10-14)16(20)7-11-3-4-13(17)8-15(11)18/h3-4,6,8-10H,2,5,7H2,1H3. The van der Waals surface area contributed by atoms with E-state index in [0.29, 0.717) is 17.9 Å². The molecule has 110 valence electrons. The number of hydrogen-bond acceptors (Lipinski definition) is 3. The van der Waals surface area contributed by atoms with Crippen molar-refractivity contribution in [2.24, 2.45) is 0 Å². The first-order valence-electron chi connectivity index (χ1n) is 6.65. The highest BCUT2D eigenvalue weighted by Crippen LogP contribution is 2.16. The number of pyridine rings is 1. The predicted octanol–water partition coefficient (Wildman–Crippen LogP) is 3.57. The SMILES string of the molecule is CCCOc1cncc(C(=O)Cc2ccc(F)cc2F)c1. The second kappa shape index (κ2) is 6.92. The number of carbonyl (C=O) groups is 1. The zero-order valence-electron chi connectivity index (χ0n) is 11.6. The van der Waals surface area contributed by atoms with Gasteiger partial charge in [-0.1, -0.05) is 13.0 Å². The lowest BCUT2D eigenvalue weighted by Gasteiger charge is -2.06. The summed E-state index contributed by atoms with van der Waals surface area (Å²) >= 11 is 0. The summed E-state index contributed by atoms with van der Waals surface area (Å²) in [5.41, 5.74) is 0.494. The van der Waals surface area contributed by atoms with Gasteiger partial charge in [0.25, 0.3) is 0 Å². The number of ether oxygens (including phenoxy) is 1. The molecule has 1 aromatic carbocycles. The average Bonchev–Trinajstić information content (AvgIpc) is 2.48. The Balaban J connectivity index is 2.12. The summed E-state index contributed by atoms with van der Waals surface area (Å²) in [5, 5.41) is 0. The van der Waals surface area contributed by atoms with Crippen molar-refractivity contribution in [1.29, 1.82) is 0 Å². The first-order chi connectivity index (χ1) is 10.1. The van der Waals surface area contributed by atoms with Crippen LogP contribution in [0.25, 0.3) is 0 Å². The highest BCUT2D eigenvalue weighted by Gasteiger charge is 2.12. The van der Waals surface area contributed by atoms with Crippen LogP contribution in [0.3, 0.4) is 0 Å². The second-order valence-electron chi connectivity index (χ2n) is 4.59. The third-order valence-corrected chi connectivity index (χ3v) is 2.87. The monoisotopic (exact) mass is 291 g/mol. The van der Waals surface area contributed by atoms with Crippen molar-refractivity contribution < 1.29 is 18.3 Å². The zero-order valence-corrected chi connectivity index (χ0v) is 11.6. The fourth-order valence-corrected chi connectivity index (χ4v) is 1.81. The van der Waals surface area contributed by atoms with Crippen molar-refractivity contribution >= 4 is 5.78 Å². The van der Waals surface area contributed by atoms with Crippen LogP contribution in [0.4, 0.5) is 8.78 Å². The highest BCUT2D eigenvalue weighted by molar-refractivity contribution is 5.97. The third kappa shape index (κ3) is 4.08. The molecule has 1 heterocycles. The summed E-state index contributed by atoms with van der Waals surface area (Å²) in [6.07, 6.45) is 3.62. The molecule has 2 rings (SSSR count). The molecule has 0 saturated heterocycles. The van der Waals surface area contributed by atoms with Gasteiger partial charge in [-0.3, -0.25) is 9.78 Å². The van der Waals surface area contributed by atoms with E-state index in [1.54, 1.807) is 6.07 Å². The molecule has 21 heavy (non-hydrogen) atoms. The van der Waals surface area contributed by atoms with Crippen molar-refractivity contribution in [3.63, 3.8) is 0 Å². The highest BCUT2D eigenvalue weighted by atomic mass is 19.1. The molecule has 0 aliphatic carbocycles. The van der Waals surface area contributed by atoms with E-state index >= 15 is 0 Å². The second-order valence-corrected chi connectivity index (χ2v) is 4.59. The van der Waals surface area contributed by atoms with E-state index in [2.05, 4.69) is 4.98 Å². The van der Waals surface area contributed by atoms with E-state index in [-0.39, 0.29) is 17.8 Å². The van der Waals surface area contributed by atoms with Crippen molar-refractivity contribution in [2.75, 3.05) is 6.61 Å². The number of carbonyl (C=O) groups excluding carboxylic acids is 1. The number of Topliss-reactive ketones (excluding diaryl/α,β-unsaturated/α-hetero) is 1. The molecule has 0 unspecified atom stereocenters. The number of halogens is 2. The van der Waals surface area contributed by atoms with E-state index in [1.165, 1.54) is 18.5 Å². The topological polar surface area (TPSA) is 39.2 Å². The van der Waals surface area contributed by atoms with Crippen LogP contribution in [0.1, 0.15) is 29.3 Å². The molecule has 0 atom stereocenters. The van der Waals surface area contributed by atoms with Gasteiger partial charge in [0, 0.05) is 24.2 Å². The number of aromatic nitrogens is 1. The van der Waals surface area contributed by atoms with Crippen molar-refractivity contribution in [1.82, 2.24) is 4.98 Å². The maximum Gasteiger partial charge on any atom is 0.169 e. The minimum atomic E-state index is -0.727. The quantitative estimate of drug-likeness (QED) is 0.764. The summed E-state index contributed by atoms with van der Waals surface area (Å²) in [7, 11) is 0. The molecule has 1 aromatic heterocycles. The van der Waals surface area contributed by atoms with Crippen LogP contribution >= 0.6 is 0 Å². The molecule has 0 amide bonds. The van der Waals surface area contributed by atoms with Gasteiger partial charge in [-0.2, -0.15) is 0 Å². The predicted molar refractivity (Wildman–Crippen MR) is 74.4 cm³/mol. The van der Waals surface area contributed by atoms with Gasteiger partial charge < -0.3 is 4.74 Å². The maximum absolute atomic E-state index is 13.5. The van der Waals surface area contributed by atoms with Crippen LogP contribution in [-0.2, 0) is 6.42 Å². The van der Waals surface area contributed by atoms with Gasteiger partial charge in [-0.05, 0) is 24.1 Å². The van der Waals surface area contributed by atoms with Crippen LogP contribution in [0, 0.1) is 11.6 Å². The van der Waals surface area contributed by atoms with E-state index in [0.717, 1.165) is 18.6 Å². The number of hydrogen-bond donors (Lipinski definition) is 0. The third-order valence-electron chi connectivity index (χ3n) is 2.87. The number of ketones is 1. The lowest BCUT2D eigenvalue weighted by Crippen LogP contribution is -2.07. The first kappa shape index (κ1) is 15.1. The van der Waals surface area contributed by atoms with Gasteiger partial charge >= 0.3 is 0 Å². The Labute approximate surface area is 121 Å². The lowest BCUT2D eigenvalue weighted by molar-refractivity contribution is 0.0991. The molecule has 0 spiro atoms. The molecule has 0 N–H and O–H groups in total. The minimum absolute atomic E-state index is 0.148. The average molecular weight is 291 g/mol. The van der Waals surface area contributed by atoms with Crippen LogP contribution < -0.4 is 4.74 Å². The Bertz CT molecular complexity index is 644. The summed E-state index contributed by atoms with van der Waals surface area (Å²) < 4.78 is 31.8. The Morgan fingerprint density at radius 1 is 1.24 bits per heavy atom. The van der Waals surface area contributed by atoms with Gasteiger partial charge in [0.2, 0.25) is 0 Å². The van der Waals surface area contributed by atoms with Gasteiger partial charge in [-0.15, -0.1) is 0 Å². The van der Waals surface area contributed by atoms with Gasteiger partial charge in [0.05, 0.1) is 12.8 Å². The van der Waals surface area contributed by atoms with Crippen LogP contribution in [0.15, 0.2) is 36.7 Å². The molecule has 0 aliphatic heterocycles. The fourth-order valence-electron chi connectivity index (χ4n) is 1.81. The van der Waals surface area contributed by atoms with E-state index in [9.17, 15) is 13.6 Å². The normalized spacial score (nSPS) is 10.4. The molecule has 0 aliphatic rings. The van der Waals surface area contributed by atoms with Crippen LogP contribution in [0.5, 0.6) is 5.75 Å². The zero-order chi connectivity index (χ0) is 15.2. The van der Waals surface area contributed by atoms with Crippen molar-refractivity contribution in [2.45, 2.75) is 19.8 Å². The van der Waals surface area contributed by atoms with Gasteiger partial charge in [0.1, 0.15) is 17.4 Å². The maximum atomic E-state index is 13.5. The lowest BCUT2D eigenvalue weighted by atomic mass is 10.0. The molecule has 3 nitrogen and oxygen atoms in total. The Morgan fingerprint density at radius 2 is 2.05 bits per heavy atom. The molecular formula is C16H15F2NO2. The largest absolute Gasteiger partial charge is 0.492 e.